The maximum atomic E-state index is 6.06. The smallest absolute Gasteiger partial charge is 0.179 e. The molecule has 1 rings (SSSR count). The topological polar surface area (TPSA) is 30.5 Å². The number of nitrogens with zero attached hydrogens (tertiary/aromatic N) is 2. The molecule has 0 aliphatic carbocycles. The van der Waals surface area contributed by atoms with Gasteiger partial charge in [-0.25, -0.2) is 0 Å². The summed E-state index contributed by atoms with van der Waals surface area (Å²) in [6, 6.07) is 0. The molecule has 1 aliphatic rings. The highest BCUT2D eigenvalue weighted by atomic mass is 32.1. The summed E-state index contributed by atoms with van der Waals surface area (Å²) < 4.78 is 0. The van der Waals surface area contributed by atoms with Crippen molar-refractivity contribution in [2.75, 3.05) is 13.1 Å². The molecule has 1 saturated heterocycles. The fourth-order valence-electron chi connectivity index (χ4n) is 7.98. The molecule has 6 heteroatoms. The van der Waals surface area contributed by atoms with Crippen molar-refractivity contribution in [3.8, 4) is 0 Å². The highest BCUT2D eigenvalue weighted by Crippen LogP contribution is 2.32. The second-order valence-electron chi connectivity index (χ2n) is 16.8. The van der Waals surface area contributed by atoms with Crippen LogP contribution in [0.4, 0.5) is 0 Å². The van der Waals surface area contributed by atoms with Crippen molar-refractivity contribution < 1.29 is 0 Å². The summed E-state index contributed by atoms with van der Waals surface area (Å²) in [7, 11) is 0. The van der Waals surface area contributed by atoms with Crippen LogP contribution in [-0.4, -0.2) is 50.9 Å². The Morgan fingerprint density at radius 3 is 0.980 bits per heavy atom. The van der Waals surface area contributed by atoms with Crippen molar-refractivity contribution in [1.29, 1.82) is 0 Å². The lowest BCUT2D eigenvalue weighted by Gasteiger charge is -2.36. The van der Waals surface area contributed by atoms with Gasteiger partial charge in [-0.3, -0.25) is 15.5 Å². The van der Waals surface area contributed by atoms with E-state index < -0.39 is 0 Å². The summed E-state index contributed by atoms with van der Waals surface area (Å²) in [5.74, 6) is 0. The van der Waals surface area contributed by atoms with Crippen LogP contribution in [0.3, 0.4) is 0 Å². The van der Waals surface area contributed by atoms with Crippen molar-refractivity contribution in [3.05, 3.63) is 0 Å². The fraction of sp³-hybridized carbons (Fsp3) is 0.956. The molecular formula is C45H90N4S2. The van der Waals surface area contributed by atoms with Crippen LogP contribution in [0.15, 0.2) is 0 Å². The molecule has 0 radical (unpaired) electrons. The second kappa shape index (κ2) is 33.1. The first-order chi connectivity index (χ1) is 24.8. The molecule has 0 amide bonds. The summed E-state index contributed by atoms with van der Waals surface area (Å²) >= 11 is 12.1. The van der Waals surface area contributed by atoms with E-state index in [0.717, 1.165) is 23.2 Å². The lowest BCUT2D eigenvalue weighted by atomic mass is 10.0. The minimum absolute atomic E-state index is 0.123. The Kier molecular flexibility index (Phi) is 31.6. The molecule has 4 nitrogen and oxygen atoms in total. The number of rotatable bonds is 38. The van der Waals surface area contributed by atoms with Gasteiger partial charge in [-0.05, 0) is 65.8 Å². The average molecular weight is 751 g/mol. The molecule has 0 aromatic heterocycles. The molecule has 1 heterocycles. The van der Waals surface area contributed by atoms with E-state index in [1.165, 1.54) is 205 Å². The molecule has 2 N–H and O–H groups in total. The third kappa shape index (κ3) is 23.3. The molecule has 1 fully saturated rings. The third-order valence-electron chi connectivity index (χ3n) is 11.5. The predicted octanol–water partition coefficient (Wildman–Crippen LogP) is 14.4. The van der Waals surface area contributed by atoms with Crippen LogP contribution in [0.2, 0.25) is 0 Å². The Labute approximate surface area is 331 Å². The van der Waals surface area contributed by atoms with Gasteiger partial charge in [0.2, 0.25) is 0 Å². The van der Waals surface area contributed by atoms with Gasteiger partial charge in [0.05, 0.1) is 17.9 Å². The maximum Gasteiger partial charge on any atom is 0.179 e. The molecule has 1 aliphatic heterocycles. The molecule has 0 bridgehead atoms. The van der Waals surface area contributed by atoms with Crippen LogP contribution < -0.4 is 10.6 Å². The predicted molar refractivity (Wildman–Crippen MR) is 237 cm³/mol. The van der Waals surface area contributed by atoms with Gasteiger partial charge < -0.3 is 4.90 Å². The Hall–Kier alpha value is -0.300. The van der Waals surface area contributed by atoms with Gasteiger partial charge in [0.25, 0.3) is 0 Å². The summed E-state index contributed by atoms with van der Waals surface area (Å²) in [5, 5.41) is 8.38. The Morgan fingerprint density at radius 1 is 0.431 bits per heavy atom. The SMILES string of the molecule is CCCCCCCCCCCCCCCCCCNC(C)N1C(=S)N(C(C)NCCCCCCCCCCCCCCCCCC)C(C)(C)C1=S. The van der Waals surface area contributed by atoms with E-state index >= 15 is 0 Å². The van der Waals surface area contributed by atoms with Crippen LogP contribution in [0.1, 0.15) is 247 Å². The van der Waals surface area contributed by atoms with Crippen LogP contribution >= 0.6 is 24.4 Å². The van der Waals surface area contributed by atoms with Crippen LogP contribution in [0.5, 0.6) is 0 Å². The maximum absolute atomic E-state index is 6.06. The number of unbranched alkanes of at least 4 members (excludes halogenated alkanes) is 30. The number of hydrogen-bond donors (Lipinski definition) is 2. The Morgan fingerprint density at radius 2 is 0.686 bits per heavy atom. The van der Waals surface area contributed by atoms with E-state index in [0.29, 0.717) is 0 Å². The molecule has 0 aromatic carbocycles. The fourth-order valence-corrected chi connectivity index (χ4v) is 9.02. The van der Waals surface area contributed by atoms with E-state index in [1.54, 1.807) is 0 Å². The zero-order valence-electron chi connectivity index (χ0n) is 35.4. The summed E-state index contributed by atoms with van der Waals surface area (Å²) in [5.41, 5.74) is -0.266. The molecule has 2 unspecified atom stereocenters. The number of nitrogens with one attached hydrogen (secondary N) is 2. The lowest BCUT2D eigenvalue weighted by molar-refractivity contribution is 0.210. The molecule has 0 aromatic rings. The summed E-state index contributed by atoms with van der Waals surface area (Å²) in [6.45, 7) is 15.6. The van der Waals surface area contributed by atoms with Gasteiger partial charge in [-0.2, -0.15) is 0 Å². The largest absolute Gasteiger partial charge is 0.322 e. The molecule has 51 heavy (non-hydrogen) atoms. The standard InChI is InChI=1S/C45H90N4S2/c1-7-9-11-13-15-17-19-21-23-25-27-29-31-33-35-37-39-46-41(3)48-43(50)45(5,6)49(44(48)51)42(4)47-40-38-36-34-32-30-28-26-24-22-20-18-16-14-12-10-8-2/h41-42,46-47H,7-40H2,1-6H3. The lowest BCUT2D eigenvalue weighted by Crippen LogP contribution is -2.54. The summed E-state index contributed by atoms with van der Waals surface area (Å²) in [4.78, 5) is 5.48. The normalized spacial score (nSPS) is 15.7. The van der Waals surface area contributed by atoms with E-state index in [2.05, 4.69) is 62.0 Å². The minimum Gasteiger partial charge on any atom is -0.322 e. The second-order valence-corrected chi connectivity index (χ2v) is 17.5. The van der Waals surface area contributed by atoms with Gasteiger partial charge >= 0.3 is 0 Å². The molecular weight excluding hydrogens is 661 g/mol. The molecule has 302 valence electrons. The highest BCUT2D eigenvalue weighted by molar-refractivity contribution is 7.82. The number of hydrogen-bond acceptors (Lipinski definition) is 4. The van der Waals surface area contributed by atoms with Crippen LogP contribution in [-0.2, 0) is 0 Å². The quantitative estimate of drug-likeness (QED) is 0.0483. The van der Waals surface area contributed by atoms with Gasteiger partial charge in [0, 0.05) is 0 Å². The van der Waals surface area contributed by atoms with E-state index in [4.69, 9.17) is 24.4 Å². The van der Waals surface area contributed by atoms with Gasteiger partial charge in [-0.1, -0.05) is 219 Å². The van der Waals surface area contributed by atoms with Gasteiger partial charge in [-0.15, -0.1) is 0 Å². The monoisotopic (exact) mass is 751 g/mol. The third-order valence-corrected chi connectivity index (χ3v) is 12.6. The number of thiocarbonyl (C=S) groups is 2. The first kappa shape index (κ1) is 48.7. The first-order valence-electron chi connectivity index (χ1n) is 22.9. The van der Waals surface area contributed by atoms with Crippen LogP contribution in [0, 0.1) is 0 Å². The zero-order valence-corrected chi connectivity index (χ0v) is 37.0. The summed E-state index contributed by atoms with van der Waals surface area (Å²) in [6.07, 6.45) is 45.3. The van der Waals surface area contributed by atoms with Crippen molar-refractivity contribution in [2.45, 2.75) is 265 Å². The van der Waals surface area contributed by atoms with Crippen molar-refractivity contribution in [3.63, 3.8) is 0 Å². The Balaban J connectivity index is 2.08. The van der Waals surface area contributed by atoms with Gasteiger partial charge in [0.1, 0.15) is 4.99 Å². The highest BCUT2D eigenvalue weighted by Gasteiger charge is 2.48. The van der Waals surface area contributed by atoms with Crippen LogP contribution in [0.25, 0.3) is 0 Å². The van der Waals surface area contributed by atoms with Crippen molar-refractivity contribution in [2.24, 2.45) is 0 Å². The molecule has 2 atom stereocenters. The first-order valence-corrected chi connectivity index (χ1v) is 23.7. The molecule has 0 spiro atoms. The van der Waals surface area contributed by atoms with E-state index in [9.17, 15) is 0 Å². The van der Waals surface area contributed by atoms with E-state index in [1.807, 2.05) is 0 Å². The Bertz CT molecular complexity index is 818. The van der Waals surface area contributed by atoms with Crippen molar-refractivity contribution in [1.82, 2.24) is 20.4 Å². The molecule has 0 saturated carbocycles. The van der Waals surface area contributed by atoms with Crippen molar-refractivity contribution >= 4 is 34.5 Å². The van der Waals surface area contributed by atoms with Gasteiger partial charge in [0.15, 0.2) is 5.11 Å². The zero-order chi connectivity index (χ0) is 37.4. The average Bonchev–Trinajstić information content (AvgIpc) is 3.29. The van der Waals surface area contributed by atoms with E-state index in [-0.39, 0.29) is 17.9 Å². The minimum atomic E-state index is -0.266.